The van der Waals surface area contributed by atoms with E-state index in [1.807, 2.05) is 0 Å². The Balaban J connectivity index is 1.07. The monoisotopic (exact) mass is 1020 g/mol. The van der Waals surface area contributed by atoms with Crippen LogP contribution in [0.2, 0.25) is 0 Å². The van der Waals surface area contributed by atoms with E-state index in [1.165, 1.54) is 186 Å². The third-order valence-corrected chi connectivity index (χ3v) is 23.1. The molecule has 1 saturated carbocycles. The van der Waals surface area contributed by atoms with Crippen LogP contribution in [0.5, 0.6) is 0 Å². The van der Waals surface area contributed by atoms with Gasteiger partial charge in [-0.15, -0.1) is 0 Å². The van der Waals surface area contributed by atoms with Crippen LogP contribution in [-0.4, -0.2) is 12.3 Å². The van der Waals surface area contributed by atoms with Gasteiger partial charge in [-0.1, -0.05) is 163 Å². The lowest BCUT2D eigenvalue weighted by Crippen LogP contribution is -2.63. The summed E-state index contributed by atoms with van der Waals surface area (Å²) in [5.41, 5.74) is 33.9. The first-order valence-corrected chi connectivity index (χ1v) is 30.2. The van der Waals surface area contributed by atoms with Gasteiger partial charge in [-0.05, 0) is 224 Å². The van der Waals surface area contributed by atoms with Gasteiger partial charge >= 0.3 is 0 Å². The number of rotatable bonds is 2. The lowest BCUT2D eigenvalue weighted by atomic mass is 9.32. The van der Waals surface area contributed by atoms with Crippen LogP contribution in [0.3, 0.4) is 0 Å². The zero-order chi connectivity index (χ0) is 54.6. The molecule has 0 aromatic heterocycles. The molecule has 8 aliphatic rings. The molecule has 0 bridgehead atoms. The average Bonchev–Trinajstić information content (AvgIpc) is 2.26. The summed E-state index contributed by atoms with van der Waals surface area (Å²) in [6.45, 7) is 39.9. The number of anilines is 8. The first kappa shape index (κ1) is 49.1. The Morgan fingerprint density at radius 2 is 1.05 bits per heavy atom. The highest BCUT2D eigenvalue weighted by atomic mass is 15.3. The summed E-state index contributed by atoms with van der Waals surface area (Å²) in [6, 6.07) is 45.4. The first-order chi connectivity index (χ1) is 36.7. The van der Waals surface area contributed by atoms with Crippen LogP contribution in [0.4, 0.5) is 45.5 Å². The van der Waals surface area contributed by atoms with E-state index in [4.69, 9.17) is 0 Å². The van der Waals surface area contributed by atoms with Crippen LogP contribution < -0.4 is 31.1 Å². The Morgan fingerprint density at radius 1 is 0.436 bits per heavy atom. The summed E-state index contributed by atoms with van der Waals surface area (Å²) in [7, 11) is 0. The maximum Gasteiger partial charge on any atom is 0.252 e. The Morgan fingerprint density at radius 3 is 1.74 bits per heavy atom. The molecule has 0 amide bonds. The average molecular weight is 1020 g/mol. The molecule has 4 aliphatic heterocycles. The quantitative estimate of drug-likeness (QED) is 0.160. The second-order valence-corrected chi connectivity index (χ2v) is 30.4. The molecule has 4 heteroatoms. The molecular weight excluding hydrogens is 942 g/mol. The van der Waals surface area contributed by atoms with Crippen molar-refractivity contribution in [1.29, 1.82) is 0 Å². The Hall–Kier alpha value is -6.00. The van der Waals surface area contributed by atoms with Crippen LogP contribution >= 0.6 is 0 Å². The van der Waals surface area contributed by atoms with Crippen molar-refractivity contribution in [3.05, 3.63) is 170 Å². The van der Waals surface area contributed by atoms with Crippen molar-refractivity contribution in [3.63, 3.8) is 0 Å². The predicted octanol–water partition coefficient (Wildman–Crippen LogP) is 17.8. The highest BCUT2D eigenvalue weighted by molar-refractivity contribution is 7.00. The van der Waals surface area contributed by atoms with Gasteiger partial charge in [0.2, 0.25) is 0 Å². The Labute approximate surface area is 468 Å². The van der Waals surface area contributed by atoms with E-state index < -0.39 is 0 Å². The highest BCUT2D eigenvalue weighted by Gasteiger charge is 2.59. The summed E-state index contributed by atoms with van der Waals surface area (Å²) in [5.74, 6) is 0. The van der Waals surface area contributed by atoms with Crippen molar-refractivity contribution in [2.45, 2.75) is 206 Å². The molecule has 4 heterocycles. The number of nitrogens with zero attached hydrogens (tertiary/aromatic N) is 3. The zero-order valence-corrected chi connectivity index (χ0v) is 50.0. The molecule has 0 spiro atoms. The largest absolute Gasteiger partial charge is 0.334 e. The fourth-order valence-electron chi connectivity index (χ4n) is 18.1. The van der Waals surface area contributed by atoms with E-state index >= 15 is 0 Å². The zero-order valence-electron chi connectivity index (χ0n) is 50.0. The second-order valence-electron chi connectivity index (χ2n) is 30.4. The van der Waals surface area contributed by atoms with E-state index in [-0.39, 0.29) is 50.2 Å². The van der Waals surface area contributed by atoms with E-state index in [0.29, 0.717) is 0 Å². The smallest absolute Gasteiger partial charge is 0.252 e. The van der Waals surface area contributed by atoms with E-state index in [1.54, 1.807) is 0 Å². The van der Waals surface area contributed by atoms with Gasteiger partial charge in [-0.3, -0.25) is 0 Å². The molecule has 3 nitrogen and oxygen atoms in total. The SMILES string of the molecule is Cc1cc2c(cc1N1c3cc(N4c5ccc(C(C)(C)C)cc5C5(C)CCCCC45C)ccc3B3c4cc5c(cc4N4c6cccc7c6C(C)(c6ccccc6-7)c6c(C)cc1c3c64)C(C)(C)CCC5(C)C)C(C)(C)CCC2(C)C. The van der Waals surface area contributed by atoms with Crippen molar-refractivity contribution in [2.75, 3.05) is 14.7 Å². The summed E-state index contributed by atoms with van der Waals surface area (Å²) in [4.78, 5) is 8.45. The normalized spacial score (nSPS) is 25.2. The summed E-state index contributed by atoms with van der Waals surface area (Å²) < 4.78 is 0. The number of hydrogen-bond donors (Lipinski definition) is 0. The topological polar surface area (TPSA) is 9.72 Å². The minimum Gasteiger partial charge on any atom is -0.334 e. The van der Waals surface area contributed by atoms with Gasteiger partial charge in [0.25, 0.3) is 6.71 Å². The van der Waals surface area contributed by atoms with Gasteiger partial charge in [-0.2, -0.15) is 0 Å². The summed E-state index contributed by atoms with van der Waals surface area (Å²) in [5, 5.41) is 0. The predicted molar refractivity (Wildman–Crippen MR) is 333 cm³/mol. The minimum absolute atomic E-state index is 0.0149. The lowest BCUT2D eigenvalue weighted by Gasteiger charge is -2.52. The van der Waals surface area contributed by atoms with E-state index in [0.717, 1.165) is 0 Å². The van der Waals surface area contributed by atoms with Gasteiger partial charge < -0.3 is 14.7 Å². The number of benzene rings is 7. The molecule has 78 heavy (non-hydrogen) atoms. The number of fused-ring (bicyclic) bond motifs is 15. The van der Waals surface area contributed by atoms with Gasteiger partial charge in [0.1, 0.15) is 0 Å². The molecule has 0 saturated heterocycles. The maximum absolute atomic E-state index is 2.84. The summed E-state index contributed by atoms with van der Waals surface area (Å²) in [6.07, 6.45) is 9.62. The fraction of sp³-hybridized carbons (Fsp3) is 0.432. The van der Waals surface area contributed by atoms with Crippen molar-refractivity contribution >= 4 is 68.6 Å². The third-order valence-electron chi connectivity index (χ3n) is 23.1. The van der Waals surface area contributed by atoms with Gasteiger partial charge in [-0.25, -0.2) is 0 Å². The van der Waals surface area contributed by atoms with Crippen LogP contribution in [0.15, 0.2) is 109 Å². The minimum atomic E-state index is -0.338. The standard InChI is InChI=1S/C74H82BN3/c1-43-36-50-52(70(10,11)34-32-68(50,6)7)41-59(43)76-60-39-46(78-57-29-26-45(67(3,4)5)38-54(57)72(14)30-19-20-31-73(72,78)15)27-28-55(60)75-56-40-51-53(71(12,13)35-33-69(51,8)9)42-61(56)77-58-25-21-23-48-47-22-17-18-24-49(47)74(16,64(48)58)63-44(2)37-62(76)65(75)66(63)77/h17-18,21-29,36-42H,19-20,30-35H2,1-16H3. The molecule has 3 unspecified atom stereocenters. The molecule has 396 valence electrons. The summed E-state index contributed by atoms with van der Waals surface area (Å²) >= 11 is 0. The van der Waals surface area contributed by atoms with E-state index in [9.17, 15) is 0 Å². The van der Waals surface area contributed by atoms with E-state index in [2.05, 4.69) is 235 Å². The molecule has 0 N–H and O–H groups in total. The Kier molecular flexibility index (Phi) is 9.48. The fourth-order valence-corrected chi connectivity index (χ4v) is 18.1. The number of hydrogen-bond acceptors (Lipinski definition) is 3. The first-order valence-electron chi connectivity index (χ1n) is 30.2. The molecule has 7 aromatic rings. The van der Waals surface area contributed by atoms with Crippen LogP contribution in [-0.2, 0) is 37.9 Å². The van der Waals surface area contributed by atoms with Gasteiger partial charge in [0.15, 0.2) is 0 Å². The van der Waals surface area contributed by atoms with Gasteiger partial charge in [0, 0.05) is 50.6 Å². The molecular formula is C74H82BN3. The second kappa shape index (κ2) is 15.1. The maximum atomic E-state index is 2.84. The lowest BCUT2D eigenvalue weighted by molar-refractivity contribution is 0.195. The van der Waals surface area contributed by atoms with Crippen LogP contribution in [0.25, 0.3) is 11.1 Å². The molecule has 15 rings (SSSR count). The van der Waals surface area contributed by atoms with Crippen LogP contribution in [0, 0.1) is 13.8 Å². The van der Waals surface area contributed by atoms with Crippen LogP contribution in [0.1, 0.15) is 209 Å². The highest BCUT2D eigenvalue weighted by Crippen LogP contribution is 2.66. The molecule has 1 fully saturated rings. The third kappa shape index (κ3) is 5.93. The number of aryl methyl sites for hydroxylation is 2. The van der Waals surface area contributed by atoms with Crippen molar-refractivity contribution in [2.24, 2.45) is 0 Å². The van der Waals surface area contributed by atoms with Gasteiger partial charge in [0.05, 0.1) is 11.2 Å². The molecule has 3 atom stereocenters. The van der Waals surface area contributed by atoms with Crippen molar-refractivity contribution in [3.8, 4) is 11.1 Å². The van der Waals surface area contributed by atoms with Crippen molar-refractivity contribution < 1.29 is 0 Å². The molecule has 7 aromatic carbocycles. The Bertz CT molecular complexity index is 3860. The van der Waals surface area contributed by atoms with Crippen molar-refractivity contribution in [1.82, 2.24) is 0 Å². The molecule has 4 aliphatic carbocycles. The molecule has 0 radical (unpaired) electrons.